The number of benzene rings is 2. The van der Waals surface area contributed by atoms with E-state index < -0.39 is 0 Å². The van der Waals surface area contributed by atoms with E-state index in [-0.39, 0.29) is 5.78 Å². The van der Waals surface area contributed by atoms with Gasteiger partial charge < -0.3 is 0 Å². The molecule has 0 heterocycles. The van der Waals surface area contributed by atoms with E-state index in [2.05, 4.69) is 30.3 Å². The predicted molar refractivity (Wildman–Crippen MR) is 72.1 cm³/mol. The van der Waals surface area contributed by atoms with Crippen LogP contribution in [-0.2, 0) is 11.2 Å². The summed E-state index contributed by atoms with van der Waals surface area (Å²) in [6.45, 7) is 3.54. The van der Waals surface area contributed by atoms with E-state index in [1.165, 1.54) is 16.3 Å². The Balaban J connectivity index is 2.34. The molecule has 0 aliphatic heterocycles. The van der Waals surface area contributed by atoms with Crippen LogP contribution in [-0.4, -0.2) is 5.78 Å². The lowest BCUT2D eigenvalue weighted by atomic mass is 9.99. The van der Waals surface area contributed by atoms with E-state index >= 15 is 0 Å². The minimum Gasteiger partial charge on any atom is -0.295 e. The number of fused-ring (bicyclic) bond motifs is 1. The van der Waals surface area contributed by atoms with Crippen LogP contribution < -0.4 is 0 Å². The van der Waals surface area contributed by atoms with E-state index in [1.807, 2.05) is 25.1 Å². The molecular formula is C16H16O. The molecule has 1 nitrogen and oxygen atoms in total. The highest BCUT2D eigenvalue weighted by Crippen LogP contribution is 2.18. The van der Waals surface area contributed by atoms with Crippen molar-refractivity contribution < 1.29 is 4.79 Å². The zero-order chi connectivity index (χ0) is 12.3. The summed E-state index contributed by atoms with van der Waals surface area (Å²) in [4.78, 5) is 11.4. The second kappa shape index (κ2) is 4.96. The van der Waals surface area contributed by atoms with E-state index in [1.54, 1.807) is 6.92 Å². The number of ketones is 1. The predicted octanol–water partition coefficient (Wildman–Crippen LogP) is 3.92. The first-order chi connectivity index (χ1) is 8.20. The van der Waals surface area contributed by atoms with Crippen LogP contribution in [0.15, 0.2) is 54.1 Å². The fourth-order valence-electron chi connectivity index (χ4n) is 2.00. The van der Waals surface area contributed by atoms with Gasteiger partial charge in [-0.05, 0) is 35.8 Å². The molecule has 0 fully saturated rings. The molecular weight excluding hydrogens is 208 g/mol. The first kappa shape index (κ1) is 11.6. The molecule has 0 radical (unpaired) electrons. The molecule has 0 amide bonds. The summed E-state index contributed by atoms with van der Waals surface area (Å²) >= 11 is 0. The number of carbonyl (C=O) groups excluding carboxylic acids is 1. The zero-order valence-corrected chi connectivity index (χ0v) is 10.2. The van der Waals surface area contributed by atoms with Crippen molar-refractivity contribution in [3.05, 3.63) is 59.7 Å². The molecule has 86 valence electrons. The molecule has 0 unspecified atom stereocenters. The van der Waals surface area contributed by atoms with E-state index in [9.17, 15) is 4.79 Å². The molecule has 1 heteroatoms. The van der Waals surface area contributed by atoms with Crippen molar-refractivity contribution in [1.82, 2.24) is 0 Å². The normalized spacial score (nSPS) is 11.8. The fourth-order valence-corrected chi connectivity index (χ4v) is 2.00. The third-order valence-electron chi connectivity index (χ3n) is 3.01. The lowest BCUT2D eigenvalue weighted by Crippen LogP contribution is -2.00. The van der Waals surface area contributed by atoms with Crippen LogP contribution in [0.3, 0.4) is 0 Å². The highest BCUT2D eigenvalue weighted by atomic mass is 16.1. The largest absolute Gasteiger partial charge is 0.295 e. The Bertz CT molecular complexity index is 579. The SMILES string of the molecule is C/C=C(\Cc1ccc2ccccc2c1)C(C)=O. The Labute approximate surface area is 102 Å². The molecule has 2 rings (SSSR count). The lowest BCUT2D eigenvalue weighted by Gasteiger charge is -2.05. The third kappa shape index (κ3) is 2.62. The first-order valence-corrected chi connectivity index (χ1v) is 5.84. The van der Waals surface area contributed by atoms with Gasteiger partial charge in [-0.3, -0.25) is 4.79 Å². The smallest absolute Gasteiger partial charge is 0.155 e. The van der Waals surface area contributed by atoms with Crippen LogP contribution in [0.25, 0.3) is 10.8 Å². The van der Waals surface area contributed by atoms with Crippen molar-refractivity contribution in [1.29, 1.82) is 0 Å². The topological polar surface area (TPSA) is 17.1 Å². The molecule has 0 aliphatic carbocycles. The summed E-state index contributed by atoms with van der Waals surface area (Å²) in [6.07, 6.45) is 2.62. The summed E-state index contributed by atoms with van der Waals surface area (Å²) in [7, 11) is 0. The highest BCUT2D eigenvalue weighted by Gasteiger charge is 2.04. The Hall–Kier alpha value is -1.89. The van der Waals surface area contributed by atoms with Gasteiger partial charge in [-0.1, -0.05) is 48.5 Å². The summed E-state index contributed by atoms with van der Waals surface area (Å²) in [5, 5.41) is 2.46. The van der Waals surface area contributed by atoms with Gasteiger partial charge in [0.1, 0.15) is 0 Å². The van der Waals surface area contributed by atoms with E-state index in [0.29, 0.717) is 0 Å². The van der Waals surface area contributed by atoms with Gasteiger partial charge in [-0.2, -0.15) is 0 Å². The van der Waals surface area contributed by atoms with Crippen LogP contribution in [0.5, 0.6) is 0 Å². The van der Waals surface area contributed by atoms with Crippen molar-refractivity contribution in [2.75, 3.05) is 0 Å². The number of allylic oxidation sites excluding steroid dienone is 2. The van der Waals surface area contributed by atoms with Gasteiger partial charge in [-0.25, -0.2) is 0 Å². The molecule has 0 atom stereocenters. The first-order valence-electron chi connectivity index (χ1n) is 5.84. The number of Topliss-reactive ketones (excluding diaryl/α,β-unsaturated/α-hetero) is 1. The van der Waals surface area contributed by atoms with Crippen molar-refractivity contribution in [3.63, 3.8) is 0 Å². The molecule has 0 saturated heterocycles. The highest BCUT2D eigenvalue weighted by molar-refractivity contribution is 5.93. The second-order valence-electron chi connectivity index (χ2n) is 4.23. The van der Waals surface area contributed by atoms with Crippen LogP contribution in [0.4, 0.5) is 0 Å². The average molecular weight is 224 g/mol. The maximum Gasteiger partial charge on any atom is 0.155 e. The molecule has 17 heavy (non-hydrogen) atoms. The molecule has 2 aromatic carbocycles. The monoisotopic (exact) mass is 224 g/mol. The summed E-state index contributed by atoms with van der Waals surface area (Å²) < 4.78 is 0. The Morgan fingerprint density at radius 3 is 2.47 bits per heavy atom. The van der Waals surface area contributed by atoms with Gasteiger partial charge in [-0.15, -0.1) is 0 Å². The van der Waals surface area contributed by atoms with Gasteiger partial charge in [0, 0.05) is 6.42 Å². The van der Waals surface area contributed by atoms with Crippen LogP contribution in [0.2, 0.25) is 0 Å². The summed E-state index contributed by atoms with van der Waals surface area (Å²) in [5.41, 5.74) is 2.06. The average Bonchev–Trinajstić information content (AvgIpc) is 2.35. The second-order valence-corrected chi connectivity index (χ2v) is 4.23. The molecule has 0 aliphatic rings. The lowest BCUT2D eigenvalue weighted by molar-refractivity contribution is -0.113. The standard InChI is InChI=1S/C16H16O/c1-3-14(12(2)17)10-13-8-9-15-6-4-5-7-16(15)11-13/h3-9,11H,10H2,1-2H3/b14-3+. The van der Waals surface area contributed by atoms with E-state index in [0.717, 1.165) is 12.0 Å². The maximum atomic E-state index is 11.4. The third-order valence-corrected chi connectivity index (χ3v) is 3.01. The van der Waals surface area contributed by atoms with Gasteiger partial charge >= 0.3 is 0 Å². The number of hydrogen-bond donors (Lipinski definition) is 0. The van der Waals surface area contributed by atoms with Crippen molar-refractivity contribution in [2.45, 2.75) is 20.3 Å². The minimum atomic E-state index is 0.153. The Morgan fingerprint density at radius 1 is 1.12 bits per heavy atom. The van der Waals surface area contributed by atoms with Crippen LogP contribution in [0.1, 0.15) is 19.4 Å². The fraction of sp³-hybridized carbons (Fsp3) is 0.188. The molecule has 2 aromatic rings. The number of hydrogen-bond acceptors (Lipinski definition) is 1. The molecule has 0 saturated carbocycles. The van der Waals surface area contributed by atoms with Gasteiger partial charge in [0.2, 0.25) is 0 Å². The van der Waals surface area contributed by atoms with Crippen molar-refractivity contribution in [3.8, 4) is 0 Å². The van der Waals surface area contributed by atoms with Gasteiger partial charge in [0.05, 0.1) is 0 Å². The molecule has 0 bridgehead atoms. The summed E-state index contributed by atoms with van der Waals surface area (Å²) in [6, 6.07) is 14.6. The van der Waals surface area contributed by atoms with Crippen LogP contribution >= 0.6 is 0 Å². The molecule has 0 N–H and O–H groups in total. The quantitative estimate of drug-likeness (QED) is 0.722. The maximum absolute atomic E-state index is 11.4. The number of rotatable bonds is 3. The zero-order valence-electron chi connectivity index (χ0n) is 10.2. The summed E-state index contributed by atoms with van der Waals surface area (Å²) in [5.74, 6) is 0.153. The van der Waals surface area contributed by atoms with Gasteiger partial charge in [0.15, 0.2) is 5.78 Å². The Morgan fingerprint density at radius 2 is 1.82 bits per heavy atom. The van der Waals surface area contributed by atoms with Crippen molar-refractivity contribution in [2.24, 2.45) is 0 Å². The van der Waals surface area contributed by atoms with Crippen LogP contribution in [0, 0.1) is 0 Å². The van der Waals surface area contributed by atoms with Gasteiger partial charge in [0.25, 0.3) is 0 Å². The molecule has 0 aromatic heterocycles. The van der Waals surface area contributed by atoms with Crippen molar-refractivity contribution >= 4 is 16.6 Å². The van der Waals surface area contributed by atoms with E-state index in [4.69, 9.17) is 0 Å². The number of carbonyl (C=O) groups is 1. The molecule has 0 spiro atoms. The Kier molecular flexibility index (Phi) is 3.38. The minimum absolute atomic E-state index is 0.153.